The van der Waals surface area contributed by atoms with Crippen LogP contribution >= 0.6 is 0 Å². The molecule has 0 radical (unpaired) electrons. The minimum absolute atomic E-state index is 0.00351. The van der Waals surface area contributed by atoms with Crippen LogP contribution in [0.1, 0.15) is 66.0 Å². The van der Waals surface area contributed by atoms with Crippen molar-refractivity contribution in [2.45, 2.75) is 46.1 Å². The number of oxazole rings is 1. The summed E-state index contributed by atoms with van der Waals surface area (Å²) in [7, 11) is 0. The molecule has 0 aliphatic heterocycles. The highest BCUT2D eigenvalue weighted by molar-refractivity contribution is 5.96. The number of aromatic carboxylic acids is 1. The Morgan fingerprint density at radius 3 is 2.48 bits per heavy atom. The number of carboxylic acid groups (broad SMARTS) is 1. The van der Waals surface area contributed by atoms with E-state index in [1.54, 1.807) is 13.1 Å². The lowest BCUT2D eigenvalue weighted by molar-refractivity contribution is 0.0694. The molecular formula is C16H20N2O5. The molecule has 2 aromatic rings. The summed E-state index contributed by atoms with van der Waals surface area (Å²) in [5, 5.41) is 11.7. The first-order valence-corrected chi connectivity index (χ1v) is 7.31. The Bertz CT molecular complexity index is 721. The summed E-state index contributed by atoms with van der Waals surface area (Å²) in [6.45, 7) is 7.85. The van der Waals surface area contributed by atoms with Crippen LogP contribution in [0.15, 0.2) is 21.1 Å². The van der Waals surface area contributed by atoms with Crippen LogP contribution < -0.4 is 5.32 Å². The third-order valence-corrected chi connectivity index (χ3v) is 3.28. The molecule has 124 valence electrons. The average molecular weight is 320 g/mol. The molecule has 1 amide bonds. The predicted molar refractivity (Wildman–Crippen MR) is 81.4 cm³/mol. The molecule has 0 saturated carbocycles. The molecule has 0 unspecified atom stereocenters. The number of carboxylic acids is 1. The number of nitrogens with zero attached hydrogens (tertiary/aromatic N) is 1. The lowest BCUT2D eigenvalue weighted by Gasteiger charge is -2.13. The van der Waals surface area contributed by atoms with E-state index < -0.39 is 11.9 Å². The molecule has 0 spiro atoms. The summed E-state index contributed by atoms with van der Waals surface area (Å²) in [6.07, 6.45) is 2.02. The van der Waals surface area contributed by atoms with Crippen LogP contribution in [0.4, 0.5) is 0 Å². The smallest absolute Gasteiger partial charge is 0.339 e. The SMILES string of the molecule is CCc1oc(C(=O)NCc2ncc(C(C)(C)C)o2)cc1C(=O)O. The van der Waals surface area contributed by atoms with Crippen molar-refractivity contribution < 1.29 is 23.5 Å². The zero-order chi connectivity index (χ0) is 17.2. The van der Waals surface area contributed by atoms with E-state index >= 15 is 0 Å². The van der Waals surface area contributed by atoms with Gasteiger partial charge >= 0.3 is 5.97 Å². The van der Waals surface area contributed by atoms with Crippen molar-refractivity contribution in [2.75, 3.05) is 0 Å². The number of amides is 1. The van der Waals surface area contributed by atoms with Gasteiger partial charge in [0, 0.05) is 17.9 Å². The van der Waals surface area contributed by atoms with E-state index in [0.717, 1.165) is 5.76 Å². The molecule has 2 N–H and O–H groups in total. The predicted octanol–water partition coefficient (Wildman–Crippen LogP) is 2.76. The molecule has 7 heteroatoms. The van der Waals surface area contributed by atoms with Crippen LogP contribution in [-0.2, 0) is 18.4 Å². The monoisotopic (exact) mass is 320 g/mol. The molecule has 2 heterocycles. The minimum atomic E-state index is -1.12. The van der Waals surface area contributed by atoms with Gasteiger partial charge in [0.25, 0.3) is 5.91 Å². The summed E-state index contributed by atoms with van der Waals surface area (Å²) in [4.78, 5) is 27.2. The fourth-order valence-electron chi connectivity index (χ4n) is 1.97. The van der Waals surface area contributed by atoms with Gasteiger partial charge < -0.3 is 19.3 Å². The number of hydrogen-bond acceptors (Lipinski definition) is 5. The summed E-state index contributed by atoms with van der Waals surface area (Å²) < 4.78 is 10.9. The van der Waals surface area contributed by atoms with E-state index in [1.165, 1.54) is 6.07 Å². The van der Waals surface area contributed by atoms with Crippen LogP contribution in [0.2, 0.25) is 0 Å². The van der Waals surface area contributed by atoms with Crippen molar-refractivity contribution in [1.82, 2.24) is 10.3 Å². The molecule has 0 aromatic carbocycles. The maximum absolute atomic E-state index is 12.1. The summed E-state index contributed by atoms with van der Waals surface area (Å²) in [5.74, 6) is -0.296. The highest BCUT2D eigenvalue weighted by atomic mass is 16.4. The van der Waals surface area contributed by atoms with Crippen molar-refractivity contribution in [3.63, 3.8) is 0 Å². The van der Waals surface area contributed by atoms with Crippen LogP contribution in [0.5, 0.6) is 0 Å². The van der Waals surface area contributed by atoms with Crippen LogP contribution in [0, 0.1) is 0 Å². The number of aryl methyl sites for hydroxylation is 1. The zero-order valence-electron chi connectivity index (χ0n) is 13.6. The highest BCUT2D eigenvalue weighted by Gasteiger charge is 2.21. The lowest BCUT2D eigenvalue weighted by atomic mass is 9.94. The normalized spacial score (nSPS) is 11.5. The molecule has 2 aromatic heterocycles. The van der Waals surface area contributed by atoms with Crippen molar-refractivity contribution in [1.29, 1.82) is 0 Å². The first-order chi connectivity index (χ1) is 10.7. The summed E-state index contributed by atoms with van der Waals surface area (Å²) >= 11 is 0. The van der Waals surface area contributed by atoms with Crippen molar-refractivity contribution in [2.24, 2.45) is 0 Å². The van der Waals surface area contributed by atoms with E-state index in [0.29, 0.717) is 12.3 Å². The molecule has 2 rings (SSSR count). The van der Waals surface area contributed by atoms with Gasteiger partial charge in [-0.1, -0.05) is 27.7 Å². The van der Waals surface area contributed by atoms with Gasteiger partial charge in [-0.2, -0.15) is 0 Å². The Kier molecular flexibility index (Phi) is 4.58. The van der Waals surface area contributed by atoms with Gasteiger partial charge in [0.1, 0.15) is 17.1 Å². The van der Waals surface area contributed by atoms with E-state index in [4.69, 9.17) is 13.9 Å². The molecule has 0 fully saturated rings. The Balaban J connectivity index is 2.05. The highest BCUT2D eigenvalue weighted by Crippen LogP contribution is 2.22. The maximum Gasteiger partial charge on any atom is 0.339 e. The number of carbonyl (C=O) groups is 2. The molecular weight excluding hydrogens is 300 g/mol. The molecule has 23 heavy (non-hydrogen) atoms. The summed E-state index contributed by atoms with van der Waals surface area (Å²) in [5.41, 5.74) is -0.160. The fraction of sp³-hybridized carbons (Fsp3) is 0.438. The van der Waals surface area contributed by atoms with Gasteiger partial charge in [0.2, 0.25) is 5.89 Å². The second kappa shape index (κ2) is 6.28. The first-order valence-electron chi connectivity index (χ1n) is 7.31. The van der Waals surface area contributed by atoms with Gasteiger partial charge in [0.05, 0.1) is 12.7 Å². The second-order valence-corrected chi connectivity index (χ2v) is 6.16. The van der Waals surface area contributed by atoms with Crippen molar-refractivity contribution in [3.8, 4) is 0 Å². The standard InChI is InChI=1S/C16H20N2O5/c1-5-10-9(15(20)21)6-11(22-10)14(19)18-8-13-17-7-12(23-13)16(2,3)4/h6-7H,5,8H2,1-4H3,(H,18,19)(H,20,21). The van der Waals surface area contributed by atoms with Gasteiger partial charge in [0.15, 0.2) is 5.76 Å². The van der Waals surface area contributed by atoms with Crippen LogP contribution in [-0.4, -0.2) is 22.0 Å². The number of hydrogen-bond donors (Lipinski definition) is 2. The number of carbonyl (C=O) groups excluding carboxylic acids is 1. The minimum Gasteiger partial charge on any atom is -0.478 e. The fourth-order valence-corrected chi connectivity index (χ4v) is 1.97. The Labute approximate surface area is 133 Å². The van der Waals surface area contributed by atoms with E-state index in [-0.39, 0.29) is 29.0 Å². The van der Waals surface area contributed by atoms with Gasteiger partial charge in [-0.3, -0.25) is 4.79 Å². The van der Waals surface area contributed by atoms with Crippen molar-refractivity contribution >= 4 is 11.9 Å². The number of rotatable bonds is 5. The van der Waals surface area contributed by atoms with Gasteiger partial charge in [-0.15, -0.1) is 0 Å². The number of nitrogens with one attached hydrogen (secondary N) is 1. The lowest BCUT2D eigenvalue weighted by Crippen LogP contribution is -2.22. The van der Waals surface area contributed by atoms with E-state index in [2.05, 4.69) is 10.3 Å². The first kappa shape index (κ1) is 16.8. The molecule has 0 aliphatic carbocycles. The Morgan fingerprint density at radius 2 is 2.00 bits per heavy atom. The van der Waals surface area contributed by atoms with Gasteiger partial charge in [-0.25, -0.2) is 9.78 Å². The van der Waals surface area contributed by atoms with E-state index in [9.17, 15) is 9.59 Å². The van der Waals surface area contributed by atoms with Gasteiger partial charge in [-0.05, 0) is 0 Å². The quantitative estimate of drug-likeness (QED) is 0.877. The third-order valence-electron chi connectivity index (χ3n) is 3.28. The third kappa shape index (κ3) is 3.80. The molecule has 0 atom stereocenters. The molecule has 0 bridgehead atoms. The molecule has 7 nitrogen and oxygen atoms in total. The second-order valence-electron chi connectivity index (χ2n) is 6.16. The Morgan fingerprint density at radius 1 is 1.30 bits per heavy atom. The zero-order valence-corrected chi connectivity index (χ0v) is 13.6. The summed E-state index contributed by atoms with van der Waals surface area (Å²) in [6, 6.07) is 1.23. The maximum atomic E-state index is 12.1. The average Bonchev–Trinajstić information content (AvgIpc) is 3.10. The Hall–Kier alpha value is -2.57. The van der Waals surface area contributed by atoms with Crippen LogP contribution in [0.25, 0.3) is 0 Å². The van der Waals surface area contributed by atoms with E-state index in [1.807, 2.05) is 20.8 Å². The van der Waals surface area contributed by atoms with Crippen molar-refractivity contribution in [3.05, 3.63) is 41.0 Å². The number of aromatic nitrogens is 1. The molecule has 0 saturated heterocycles. The largest absolute Gasteiger partial charge is 0.478 e. The molecule has 0 aliphatic rings. The number of furan rings is 1. The topological polar surface area (TPSA) is 106 Å². The van der Waals surface area contributed by atoms with Crippen LogP contribution in [0.3, 0.4) is 0 Å².